The molecule has 0 fully saturated rings. The van der Waals surface area contributed by atoms with Crippen LogP contribution in [-0.2, 0) is 38.5 Å². The molecule has 0 aromatic rings. The van der Waals surface area contributed by atoms with E-state index in [4.69, 9.17) is 14.2 Å². The summed E-state index contributed by atoms with van der Waals surface area (Å²) in [5.41, 5.74) is -23.3. The van der Waals surface area contributed by atoms with Crippen molar-refractivity contribution in [3.05, 3.63) is 12.7 Å². The number of hydrogen-bond donors (Lipinski definition) is 2. The third-order valence-corrected chi connectivity index (χ3v) is 8.49. The first-order chi connectivity index (χ1) is 19.7. The van der Waals surface area contributed by atoms with Crippen molar-refractivity contribution in [2.24, 2.45) is 5.92 Å². The molecule has 0 amide bonds. The summed E-state index contributed by atoms with van der Waals surface area (Å²) in [6.45, 7) is 7.51. The molecular formula is C27H39F12O6Rh-. The van der Waals surface area contributed by atoms with E-state index in [-0.39, 0.29) is 47.2 Å². The number of rotatable bonds is 15. The van der Waals surface area contributed by atoms with Crippen LogP contribution in [0.2, 0.25) is 0 Å². The van der Waals surface area contributed by atoms with Gasteiger partial charge in [0.2, 0.25) is 0 Å². The molecule has 2 N–H and O–H groups in total. The summed E-state index contributed by atoms with van der Waals surface area (Å²) in [7, 11) is 0. The van der Waals surface area contributed by atoms with E-state index in [1.54, 1.807) is 6.08 Å². The Morgan fingerprint density at radius 1 is 0.630 bits per heavy atom. The van der Waals surface area contributed by atoms with E-state index in [0.717, 1.165) is 27.7 Å². The summed E-state index contributed by atoms with van der Waals surface area (Å²) in [5.74, 6) is -3.30. The second-order valence-electron chi connectivity index (χ2n) is 11.5. The molecular weight excluding hydrogens is 751 g/mol. The molecule has 1 radical (unpaired) electrons. The van der Waals surface area contributed by atoms with Crippen LogP contribution in [0.25, 0.3) is 0 Å². The summed E-state index contributed by atoms with van der Waals surface area (Å²) in [5, 5.41) is 20.4. The molecule has 0 aliphatic rings. The van der Waals surface area contributed by atoms with E-state index < -0.39 is 102 Å². The van der Waals surface area contributed by atoms with Gasteiger partial charge >= 0.3 is 24.7 Å². The van der Waals surface area contributed by atoms with E-state index in [0.29, 0.717) is 0 Å². The number of ether oxygens (including phenoxy) is 3. The smallest absolute Gasteiger partial charge is 0.429 e. The molecule has 0 bridgehead atoms. The van der Waals surface area contributed by atoms with Crippen molar-refractivity contribution < 1.29 is 101 Å². The van der Waals surface area contributed by atoms with E-state index in [2.05, 4.69) is 6.58 Å². The van der Waals surface area contributed by atoms with Gasteiger partial charge in [-0.3, -0.25) is 11.4 Å². The minimum Gasteiger partial charge on any atom is -0.489 e. The quantitative estimate of drug-likeness (QED) is 0.0587. The van der Waals surface area contributed by atoms with Crippen molar-refractivity contribution in [2.75, 3.05) is 6.61 Å². The molecule has 0 heterocycles. The molecule has 0 saturated carbocycles. The Bertz CT molecular complexity index is 915. The Balaban J connectivity index is 0. The van der Waals surface area contributed by atoms with Crippen LogP contribution in [0, 0.1) is 12.0 Å². The molecule has 0 saturated heterocycles. The summed E-state index contributed by atoms with van der Waals surface area (Å²) >= 11 is 0. The van der Waals surface area contributed by atoms with Crippen LogP contribution in [-0.4, -0.2) is 81.1 Å². The molecule has 0 atom stereocenters. The van der Waals surface area contributed by atoms with Crippen LogP contribution in [0.1, 0.15) is 81.1 Å². The second-order valence-corrected chi connectivity index (χ2v) is 11.5. The summed E-state index contributed by atoms with van der Waals surface area (Å²) in [4.78, 5) is 12.0. The largest absolute Gasteiger partial charge is 0.489 e. The van der Waals surface area contributed by atoms with E-state index >= 15 is 0 Å². The second kappa shape index (κ2) is 14.8. The maximum Gasteiger partial charge on any atom is 0.429 e. The monoisotopic (exact) mass is 790 g/mol. The molecule has 0 spiro atoms. The van der Waals surface area contributed by atoms with Crippen LogP contribution in [0.5, 0.6) is 0 Å². The first kappa shape index (κ1) is 47.0. The molecule has 46 heavy (non-hydrogen) atoms. The zero-order chi connectivity index (χ0) is 36.5. The third-order valence-electron chi connectivity index (χ3n) is 8.49. The van der Waals surface area contributed by atoms with Gasteiger partial charge in [-0.25, -0.2) is 0 Å². The molecule has 19 heteroatoms. The molecule has 0 aromatic heterocycles. The Labute approximate surface area is 271 Å². The minimum absolute atomic E-state index is 0. The number of hydrogen-bond acceptors (Lipinski definition) is 6. The van der Waals surface area contributed by atoms with Crippen molar-refractivity contribution in [3.63, 3.8) is 0 Å². The van der Waals surface area contributed by atoms with Crippen molar-refractivity contribution in [1.82, 2.24) is 0 Å². The maximum absolute atomic E-state index is 13.9. The van der Waals surface area contributed by atoms with Gasteiger partial charge < -0.3 is 30.5 Å². The average Bonchev–Trinajstić information content (AvgIpc) is 2.87. The Kier molecular flexibility index (Phi) is 15.1. The zero-order valence-corrected chi connectivity index (χ0v) is 27.9. The zero-order valence-electron chi connectivity index (χ0n) is 26.2. The number of halogens is 12. The predicted molar refractivity (Wildman–Crippen MR) is 134 cm³/mol. The van der Waals surface area contributed by atoms with Crippen molar-refractivity contribution in [2.45, 2.75) is 139 Å². The number of carbonyl (C=O) groups is 1. The van der Waals surface area contributed by atoms with Crippen molar-refractivity contribution in [3.8, 4) is 0 Å². The Morgan fingerprint density at radius 3 is 1.04 bits per heavy atom. The first-order valence-corrected chi connectivity index (χ1v) is 13.6. The molecule has 0 aliphatic heterocycles. The fraction of sp³-hybridized carbons (Fsp3) is 0.889. The van der Waals surface area contributed by atoms with Gasteiger partial charge in [-0.1, -0.05) is 27.7 Å². The average molecular weight is 790 g/mol. The first-order valence-electron chi connectivity index (χ1n) is 13.6. The summed E-state index contributed by atoms with van der Waals surface area (Å²) in [6.07, 6.45) is -26.3. The van der Waals surface area contributed by atoms with Crippen LogP contribution in [0.15, 0.2) is 6.58 Å². The minimum atomic E-state index is -6.41. The van der Waals surface area contributed by atoms with E-state index in [1.165, 1.54) is 0 Å². The summed E-state index contributed by atoms with van der Waals surface area (Å²) in [6, 6.07) is 0. The fourth-order valence-corrected chi connectivity index (χ4v) is 5.76. The third kappa shape index (κ3) is 8.16. The van der Waals surface area contributed by atoms with E-state index in [9.17, 15) is 67.7 Å². The molecule has 0 unspecified atom stereocenters. The fourth-order valence-electron chi connectivity index (χ4n) is 5.76. The van der Waals surface area contributed by atoms with E-state index in [1.807, 2.05) is 0 Å². The summed E-state index contributed by atoms with van der Waals surface area (Å²) < 4.78 is 183. The molecule has 0 rings (SSSR count). The van der Waals surface area contributed by atoms with Gasteiger partial charge in [0.15, 0.2) is 0 Å². The predicted octanol–water partition coefficient (Wildman–Crippen LogP) is 7.55. The molecule has 0 aromatic carbocycles. The number of aliphatic hydroxyl groups is 2. The van der Waals surface area contributed by atoms with Gasteiger partial charge in [-0.2, -0.15) is 52.7 Å². The number of esters is 1. The van der Waals surface area contributed by atoms with Crippen LogP contribution in [0.4, 0.5) is 52.7 Å². The van der Waals surface area contributed by atoms with Gasteiger partial charge in [-0.15, -0.1) is 0 Å². The van der Waals surface area contributed by atoms with Crippen LogP contribution in [0.3, 0.4) is 0 Å². The topological polar surface area (TPSA) is 85.2 Å². The number of carbonyl (C=O) groups excluding carboxylic acids is 1. The Hall–Kier alpha value is -1.17. The van der Waals surface area contributed by atoms with Gasteiger partial charge in [0.1, 0.15) is 17.2 Å². The molecule has 277 valence electrons. The van der Waals surface area contributed by atoms with Gasteiger partial charge in [0.05, 0.1) is 23.7 Å². The molecule has 0 aliphatic carbocycles. The van der Waals surface area contributed by atoms with Gasteiger partial charge in [-0.05, 0) is 53.4 Å². The van der Waals surface area contributed by atoms with Crippen molar-refractivity contribution >= 4 is 5.97 Å². The van der Waals surface area contributed by atoms with Crippen LogP contribution < -0.4 is 0 Å². The Morgan fingerprint density at radius 2 is 0.870 bits per heavy atom. The molecule has 6 nitrogen and oxygen atoms in total. The van der Waals surface area contributed by atoms with Gasteiger partial charge in [0, 0.05) is 19.5 Å². The van der Waals surface area contributed by atoms with Gasteiger partial charge in [0.25, 0.3) is 11.2 Å². The maximum atomic E-state index is 13.9. The number of alkyl halides is 12. The standard InChI is InChI=1S/C27H39F12O6.Rh/c1-10-17(40)43-15-16(20(11-2,12-3)44-18(6,7)22(41,24(28,29)30)25(31,32)33)21(13-4,14-5)45-19(8,9)23(42,26(34,35)36)27(37,38)39;/h16,41-42H,1,11-15H2,2-9H3;/q-1;. The SMILES string of the molecule is C=[C-]C(=O)OCC(C(CC)(CC)OC(C)(C)C(O)(C(F)(F)F)C(F)(F)F)C(CC)(CC)OC(C)(C)C(O)(C(F)(F)F)C(F)(F)F.[Rh]. The van der Waals surface area contributed by atoms with Crippen LogP contribution >= 0.6 is 0 Å². The normalized spacial score (nSPS) is 15.1. The van der Waals surface area contributed by atoms with Crippen molar-refractivity contribution in [1.29, 1.82) is 0 Å².